The van der Waals surface area contributed by atoms with E-state index in [-0.39, 0.29) is 28.0 Å². The van der Waals surface area contributed by atoms with Gasteiger partial charge < -0.3 is 10.1 Å². The van der Waals surface area contributed by atoms with Gasteiger partial charge in [0.15, 0.2) is 0 Å². The minimum atomic E-state index is -0.507. The summed E-state index contributed by atoms with van der Waals surface area (Å²) in [4.78, 5) is 18.2. The Kier molecular flexibility index (Phi) is 3.36. The van der Waals surface area contributed by atoms with Crippen molar-refractivity contribution in [2.45, 2.75) is 25.8 Å². The van der Waals surface area contributed by atoms with Crippen LogP contribution in [0.1, 0.15) is 19.0 Å². The lowest BCUT2D eigenvalue weighted by Crippen LogP contribution is -2.35. The molecule has 1 aromatic heterocycles. The molecule has 0 saturated carbocycles. The second kappa shape index (κ2) is 4.66. The van der Waals surface area contributed by atoms with Crippen molar-refractivity contribution < 1.29 is 9.66 Å². The molecular weight excluding hydrogens is 260 g/mol. The first-order valence-corrected chi connectivity index (χ1v) is 5.83. The van der Waals surface area contributed by atoms with Crippen LogP contribution in [-0.4, -0.2) is 33.6 Å². The lowest BCUT2D eigenvalue weighted by molar-refractivity contribution is -0.385. The van der Waals surface area contributed by atoms with Crippen molar-refractivity contribution in [2.75, 3.05) is 18.5 Å². The van der Waals surface area contributed by atoms with Crippen molar-refractivity contribution in [1.29, 1.82) is 0 Å². The van der Waals surface area contributed by atoms with Gasteiger partial charge in [-0.3, -0.25) is 10.1 Å². The van der Waals surface area contributed by atoms with Crippen LogP contribution in [0.2, 0.25) is 5.28 Å². The van der Waals surface area contributed by atoms with Gasteiger partial charge >= 0.3 is 5.69 Å². The van der Waals surface area contributed by atoms with E-state index in [4.69, 9.17) is 16.3 Å². The van der Waals surface area contributed by atoms with Crippen molar-refractivity contribution >= 4 is 23.1 Å². The summed E-state index contributed by atoms with van der Waals surface area (Å²) in [5, 5.41) is 14.1. The lowest BCUT2D eigenvalue weighted by atomic mass is 10.0. The zero-order valence-electron chi connectivity index (χ0n) is 10.1. The fraction of sp³-hybridized carbons (Fsp3) is 0.600. The van der Waals surface area contributed by atoms with E-state index in [0.717, 1.165) is 6.42 Å². The predicted octanol–water partition coefficient (Wildman–Crippen LogP) is 1.94. The van der Waals surface area contributed by atoms with Gasteiger partial charge in [0.25, 0.3) is 0 Å². The number of nitrogens with zero attached hydrogens (tertiary/aromatic N) is 3. The van der Waals surface area contributed by atoms with Crippen LogP contribution in [0.3, 0.4) is 0 Å². The largest absolute Gasteiger partial charge is 0.379 e. The third kappa shape index (κ3) is 2.51. The number of anilines is 1. The van der Waals surface area contributed by atoms with E-state index >= 15 is 0 Å². The molecule has 0 radical (unpaired) electrons. The third-order valence-corrected chi connectivity index (χ3v) is 3.02. The Balaban J connectivity index is 2.39. The van der Waals surface area contributed by atoms with Crippen molar-refractivity contribution in [3.8, 4) is 0 Å². The normalized spacial score (nSPS) is 23.1. The van der Waals surface area contributed by atoms with Crippen molar-refractivity contribution in [3.63, 3.8) is 0 Å². The van der Waals surface area contributed by atoms with E-state index in [1.807, 2.05) is 6.92 Å². The van der Waals surface area contributed by atoms with Crippen LogP contribution < -0.4 is 5.32 Å². The first-order chi connectivity index (χ1) is 8.41. The van der Waals surface area contributed by atoms with Gasteiger partial charge in [0.05, 0.1) is 17.1 Å². The first kappa shape index (κ1) is 13.0. The Morgan fingerprint density at radius 3 is 2.83 bits per heavy atom. The smallest absolute Gasteiger partial charge is 0.332 e. The average Bonchev–Trinajstić information content (AvgIpc) is 2.62. The van der Waals surface area contributed by atoms with Crippen molar-refractivity contribution in [3.05, 3.63) is 21.1 Å². The molecule has 0 aromatic carbocycles. The Labute approximate surface area is 109 Å². The Bertz CT molecular complexity index is 488. The van der Waals surface area contributed by atoms with E-state index in [0.29, 0.717) is 13.2 Å². The van der Waals surface area contributed by atoms with Gasteiger partial charge in [0, 0.05) is 6.61 Å². The summed E-state index contributed by atoms with van der Waals surface area (Å²) in [6.07, 6.45) is 0.755. The summed E-state index contributed by atoms with van der Waals surface area (Å²) in [5.74, 6) is 0.144. The fourth-order valence-corrected chi connectivity index (χ4v) is 2.10. The van der Waals surface area contributed by atoms with E-state index in [1.165, 1.54) is 6.92 Å². The van der Waals surface area contributed by atoms with Crippen LogP contribution in [-0.2, 0) is 4.74 Å². The molecule has 2 heterocycles. The predicted molar refractivity (Wildman–Crippen MR) is 65.9 cm³/mol. The Hall–Kier alpha value is -1.47. The second-order valence-corrected chi connectivity index (χ2v) is 4.86. The van der Waals surface area contributed by atoms with Crippen LogP contribution >= 0.6 is 11.6 Å². The lowest BCUT2D eigenvalue weighted by Gasteiger charge is -2.24. The Morgan fingerprint density at radius 2 is 2.28 bits per heavy atom. The summed E-state index contributed by atoms with van der Waals surface area (Å²) in [6, 6.07) is 0. The minimum Gasteiger partial charge on any atom is -0.379 e. The zero-order chi connectivity index (χ0) is 13.3. The van der Waals surface area contributed by atoms with Gasteiger partial charge in [-0.15, -0.1) is 0 Å². The number of nitrogens with one attached hydrogen (secondary N) is 1. The summed E-state index contributed by atoms with van der Waals surface area (Å²) in [7, 11) is 0. The van der Waals surface area contributed by atoms with Gasteiger partial charge in [-0.25, -0.2) is 4.98 Å². The average molecular weight is 273 g/mol. The number of hydrogen-bond acceptors (Lipinski definition) is 6. The van der Waals surface area contributed by atoms with E-state index in [1.54, 1.807) is 0 Å². The summed E-state index contributed by atoms with van der Waals surface area (Å²) in [6.45, 7) is 4.55. The fourth-order valence-electron chi connectivity index (χ4n) is 1.89. The van der Waals surface area contributed by atoms with Crippen LogP contribution in [0.4, 0.5) is 11.5 Å². The first-order valence-electron chi connectivity index (χ1n) is 5.46. The number of aromatic nitrogens is 2. The molecule has 18 heavy (non-hydrogen) atoms. The highest BCUT2D eigenvalue weighted by Crippen LogP contribution is 2.31. The molecule has 1 aromatic rings. The maximum absolute atomic E-state index is 11.0. The molecule has 0 aliphatic carbocycles. The monoisotopic (exact) mass is 272 g/mol. The molecule has 0 bridgehead atoms. The maximum Gasteiger partial charge on any atom is 0.332 e. The molecule has 1 aliphatic rings. The minimum absolute atomic E-state index is 0.0110. The number of hydrogen-bond donors (Lipinski definition) is 1. The molecule has 7 nitrogen and oxygen atoms in total. The second-order valence-electron chi connectivity index (χ2n) is 4.52. The number of halogens is 1. The van der Waals surface area contributed by atoms with Gasteiger partial charge in [-0.1, -0.05) is 0 Å². The molecule has 0 amide bonds. The number of rotatable bonds is 3. The third-order valence-electron chi connectivity index (χ3n) is 2.85. The van der Waals surface area contributed by atoms with Gasteiger partial charge in [0.1, 0.15) is 5.69 Å². The van der Waals surface area contributed by atoms with E-state index < -0.39 is 4.92 Å². The van der Waals surface area contributed by atoms with Crippen molar-refractivity contribution in [2.24, 2.45) is 0 Å². The summed E-state index contributed by atoms with van der Waals surface area (Å²) >= 11 is 5.74. The molecule has 1 fully saturated rings. The quantitative estimate of drug-likeness (QED) is 0.514. The highest BCUT2D eigenvalue weighted by molar-refractivity contribution is 6.28. The molecule has 8 heteroatoms. The van der Waals surface area contributed by atoms with Crippen LogP contribution in [0.5, 0.6) is 0 Å². The van der Waals surface area contributed by atoms with Gasteiger partial charge in [-0.2, -0.15) is 4.98 Å². The number of aryl methyl sites for hydroxylation is 1. The molecular formula is C10H13ClN4O3. The molecule has 1 aliphatic heterocycles. The highest BCUT2D eigenvalue weighted by atomic mass is 35.5. The molecule has 1 saturated heterocycles. The molecule has 1 atom stereocenters. The maximum atomic E-state index is 11.0. The molecule has 2 rings (SSSR count). The molecule has 98 valence electrons. The van der Waals surface area contributed by atoms with E-state index in [9.17, 15) is 10.1 Å². The van der Waals surface area contributed by atoms with Crippen molar-refractivity contribution in [1.82, 2.24) is 9.97 Å². The van der Waals surface area contributed by atoms with Crippen LogP contribution in [0.25, 0.3) is 0 Å². The summed E-state index contributed by atoms with van der Waals surface area (Å²) < 4.78 is 5.28. The van der Waals surface area contributed by atoms with Gasteiger partial charge in [0.2, 0.25) is 11.1 Å². The molecule has 0 spiro atoms. The van der Waals surface area contributed by atoms with Crippen LogP contribution in [0.15, 0.2) is 0 Å². The van der Waals surface area contributed by atoms with Gasteiger partial charge in [-0.05, 0) is 31.9 Å². The Morgan fingerprint density at radius 1 is 1.56 bits per heavy atom. The molecule has 1 unspecified atom stereocenters. The molecule has 1 N–H and O–H groups in total. The summed E-state index contributed by atoms with van der Waals surface area (Å²) in [5.41, 5.74) is -0.271. The SMILES string of the molecule is Cc1nc(Cl)nc(NC2(C)CCOC2)c1[N+](=O)[O-]. The van der Waals surface area contributed by atoms with E-state index in [2.05, 4.69) is 15.3 Å². The zero-order valence-corrected chi connectivity index (χ0v) is 10.8. The topological polar surface area (TPSA) is 90.2 Å². The standard InChI is InChI=1S/C10H13ClN4O3/c1-6-7(15(16)17)8(13-9(11)12-6)14-10(2)3-4-18-5-10/h3-5H2,1-2H3,(H,12,13,14). The highest BCUT2D eigenvalue weighted by Gasteiger charge is 2.33. The van der Waals surface area contributed by atoms with Crippen LogP contribution in [0, 0.1) is 17.0 Å². The number of ether oxygens (including phenoxy) is 1. The number of nitro groups is 1.